The molecule has 2 aromatic carbocycles. The van der Waals surface area contributed by atoms with E-state index in [1.165, 1.54) is 12.1 Å². The van der Waals surface area contributed by atoms with Crippen LogP contribution >= 0.6 is 0 Å². The molecule has 0 aliphatic carbocycles. The van der Waals surface area contributed by atoms with Gasteiger partial charge in [0.2, 0.25) is 5.91 Å². The zero-order valence-corrected chi connectivity index (χ0v) is 20.2. The van der Waals surface area contributed by atoms with E-state index in [0.29, 0.717) is 31.9 Å². The summed E-state index contributed by atoms with van der Waals surface area (Å²) >= 11 is 0. The van der Waals surface area contributed by atoms with E-state index in [0.717, 1.165) is 24.3 Å². The largest absolute Gasteiger partial charge is 0.478 e. The minimum atomic E-state index is -4.01. The van der Waals surface area contributed by atoms with Crippen LogP contribution < -0.4 is 14.9 Å². The Hall–Kier alpha value is -3.18. The summed E-state index contributed by atoms with van der Waals surface area (Å²) in [5.41, 5.74) is 0.201. The molecule has 184 valence electrons. The molecule has 0 aromatic heterocycles. The summed E-state index contributed by atoms with van der Waals surface area (Å²) in [6.07, 6.45) is 0. The minimum Gasteiger partial charge on any atom is -0.478 e. The van der Waals surface area contributed by atoms with Crippen molar-refractivity contribution in [1.29, 1.82) is 0 Å². The zero-order chi connectivity index (χ0) is 25.1. The Kier molecular flexibility index (Phi) is 7.47. The van der Waals surface area contributed by atoms with E-state index < -0.39 is 21.8 Å². The first-order chi connectivity index (χ1) is 15.8. The van der Waals surface area contributed by atoms with Gasteiger partial charge in [-0.2, -0.15) is 0 Å². The van der Waals surface area contributed by atoms with Crippen LogP contribution in [0.1, 0.15) is 31.1 Å². The molecule has 3 rings (SSSR count). The Morgan fingerprint density at radius 1 is 1.03 bits per heavy atom. The Morgan fingerprint density at radius 2 is 1.65 bits per heavy atom. The van der Waals surface area contributed by atoms with E-state index in [1.807, 2.05) is 30.6 Å². The van der Waals surface area contributed by atoms with Crippen molar-refractivity contribution in [3.63, 3.8) is 0 Å². The van der Waals surface area contributed by atoms with Gasteiger partial charge in [0, 0.05) is 37.4 Å². The average Bonchev–Trinajstić information content (AvgIpc) is 2.73. The maximum absolute atomic E-state index is 13.1. The standard InChI is InChI=1S/C23H29FN4O5S/c1-23(2,3)25-21(29)15-27-10-12-28(13-11-27)20-9-6-17(14-19(20)22(30)31)26-34(32,33)18-7-4-16(24)5-8-18/h4-9,14,26H,10-13,15H2,1-3H3,(H,25,29)(H,30,31). The van der Waals surface area contributed by atoms with Gasteiger partial charge in [0.15, 0.2) is 0 Å². The summed E-state index contributed by atoms with van der Waals surface area (Å²) in [4.78, 5) is 27.9. The molecule has 0 bridgehead atoms. The number of hydrogen-bond donors (Lipinski definition) is 3. The number of carboxylic acid groups (broad SMARTS) is 1. The minimum absolute atomic E-state index is 0.0433. The molecule has 11 heteroatoms. The molecule has 9 nitrogen and oxygen atoms in total. The number of rotatable bonds is 7. The van der Waals surface area contributed by atoms with Crippen molar-refractivity contribution in [2.45, 2.75) is 31.2 Å². The number of amides is 1. The van der Waals surface area contributed by atoms with E-state index in [4.69, 9.17) is 0 Å². The summed E-state index contributed by atoms with van der Waals surface area (Å²) in [6, 6.07) is 8.65. The maximum Gasteiger partial charge on any atom is 0.337 e. The molecule has 0 spiro atoms. The average molecular weight is 493 g/mol. The fourth-order valence-electron chi connectivity index (χ4n) is 3.68. The summed E-state index contributed by atoms with van der Waals surface area (Å²) in [5, 5.41) is 12.7. The van der Waals surface area contributed by atoms with Crippen molar-refractivity contribution in [3.8, 4) is 0 Å². The maximum atomic E-state index is 13.1. The number of hydrogen-bond acceptors (Lipinski definition) is 6. The van der Waals surface area contributed by atoms with Crippen molar-refractivity contribution in [2.24, 2.45) is 0 Å². The predicted molar refractivity (Wildman–Crippen MR) is 127 cm³/mol. The molecule has 0 unspecified atom stereocenters. The first-order valence-electron chi connectivity index (χ1n) is 10.8. The second-order valence-corrected chi connectivity index (χ2v) is 10.8. The lowest BCUT2D eigenvalue weighted by Crippen LogP contribution is -2.52. The molecule has 1 fully saturated rings. The molecule has 2 aromatic rings. The fraction of sp³-hybridized carbons (Fsp3) is 0.391. The topological polar surface area (TPSA) is 119 Å². The third kappa shape index (κ3) is 6.67. The Bertz CT molecular complexity index is 1150. The van der Waals surface area contributed by atoms with Crippen LogP contribution in [0.25, 0.3) is 0 Å². The molecule has 1 aliphatic heterocycles. The number of sulfonamides is 1. The second-order valence-electron chi connectivity index (χ2n) is 9.16. The van der Waals surface area contributed by atoms with Crippen molar-refractivity contribution in [1.82, 2.24) is 10.2 Å². The third-order valence-corrected chi connectivity index (χ3v) is 6.59. The van der Waals surface area contributed by atoms with Gasteiger partial charge in [0.25, 0.3) is 10.0 Å². The first kappa shape index (κ1) is 25.4. The van der Waals surface area contributed by atoms with Gasteiger partial charge in [-0.1, -0.05) is 0 Å². The van der Waals surface area contributed by atoms with Crippen LogP contribution in [0, 0.1) is 5.82 Å². The number of carboxylic acids is 1. The van der Waals surface area contributed by atoms with Crippen LogP contribution in [0.2, 0.25) is 0 Å². The molecule has 0 radical (unpaired) electrons. The van der Waals surface area contributed by atoms with Gasteiger partial charge in [-0.3, -0.25) is 14.4 Å². The molecule has 0 atom stereocenters. The number of anilines is 2. The smallest absolute Gasteiger partial charge is 0.337 e. The van der Waals surface area contributed by atoms with E-state index in [1.54, 1.807) is 6.07 Å². The number of benzene rings is 2. The molecule has 1 aliphatic rings. The number of nitrogens with one attached hydrogen (secondary N) is 2. The fourth-order valence-corrected chi connectivity index (χ4v) is 4.73. The number of carbonyl (C=O) groups is 2. The van der Waals surface area contributed by atoms with Crippen LogP contribution in [0.15, 0.2) is 47.4 Å². The highest BCUT2D eigenvalue weighted by Crippen LogP contribution is 2.27. The lowest BCUT2D eigenvalue weighted by atomic mass is 10.1. The highest BCUT2D eigenvalue weighted by molar-refractivity contribution is 7.92. The number of halogens is 1. The second kappa shape index (κ2) is 9.98. The van der Waals surface area contributed by atoms with Crippen LogP contribution in [0.3, 0.4) is 0 Å². The number of piperazine rings is 1. The van der Waals surface area contributed by atoms with Crippen molar-refractivity contribution < 1.29 is 27.5 Å². The molecule has 3 N–H and O–H groups in total. The van der Waals surface area contributed by atoms with Gasteiger partial charge >= 0.3 is 5.97 Å². The van der Waals surface area contributed by atoms with Crippen molar-refractivity contribution in [3.05, 3.63) is 53.8 Å². The highest BCUT2D eigenvalue weighted by atomic mass is 32.2. The van der Waals surface area contributed by atoms with Crippen LogP contribution in [0.4, 0.5) is 15.8 Å². The number of aromatic carboxylic acids is 1. The quantitative estimate of drug-likeness (QED) is 0.543. The van der Waals surface area contributed by atoms with E-state index in [-0.39, 0.29) is 34.1 Å². The van der Waals surface area contributed by atoms with E-state index >= 15 is 0 Å². The molecular weight excluding hydrogens is 463 g/mol. The monoisotopic (exact) mass is 492 g/mol. The predicted octanol–water partition coefficient (Wildman–Crippen LogP) is 2.36. The molecule has 34 heavy (non-hydrogen) atoms. The lowest BCUT2D eigenvalue weighted by molar-refractivity contribution is -0.123. The summed E-state index contributed by atoms with van der Waals surface area (Å²) in [7, 11) is -4.01. The van der Waals surface area contributed by atoms with Crippen LogP contribution in [-0.4, -0.2) is 68.6 Å². The summed E-state index contributed by atoms with van der Waals surface area (Å²) < 4.78 is 40.6. The number of nitrogens with zero attached hydrogens (tertiary/aromatic N) is 2. The number of carbonyl (C=O) groups excluding carboxylic acids is 1. The van der Waals surface area contributed by atoms with Gasteiger partial charge in [-0.05, 0) is 63.2 Å². The van der Waals surface area contributed by atoms with Crippen molar-refractivity contribution >= 4 is 33.3 Å². The highest BCUT2D eigenvalue weighted by Gasteiger charge is 2.25. The normalized spacial score (nSPS) is 15.1. The molecule has 1 saturated heterocycles. The Balaban J connectivity index is 1.70. The van der Waals surface area contributed by atoms with Gasteiger partial charge in [0.05, 0.1) is 22.7 Å². The van der Waals surface area contributed by atoms with Crippen LogP contribution in [-0.2, 0) is 14.8 Å². The van der Waals surface area contributed by atoms with Gasteiger partial charge in [-0.15, -0.1) is 0 Å². The van der Waals surface area contributed by atoms with Gasteiger partial charge in [-0.25, -0.2) is 17.6 Å². The summed E-state index contributed by atoms with van der Waals surface area (Å²) in [6.45, 7) is 8.21. The SMILES string of the molecule is CC(C)(C)NC(=O)CN1CCN(c2ccc(NS(=O)(=O)c3ccc(F)cc3)cc2C(=O)O)CC1. The molecular formula is C23H29FN4O5S. The first-order valence-corrected chi connectivity index (χ1v) is 12.3. The molecule has 1 heterocycles. The Labute approximate surface area is 198 Å². The van der Waals surface area contributed by atoms with Gasteiger partial charge in [0.1, 0.15) is 5.82 Å². The van der Waals surface area contributed by atoms with Crippen LogP contribution in [0.5, 0.6) is 0 Å². The van der Waals surface area contributed by atoms with E-state index in [9.17, 15) is 27.5 Å². The van der Waals surface area contributed by atoms with Gasteiger partial charge < -0.3 is 15.3 Å². The molecule has 0 saturated carbocycles. The summed E-state index contributed by atoms with van der Waals surface area (Å²) in [5.74, 6) is -1.82. The zero-order valence-electron chi connectivity index (χ0n) is 19.3. The van der Waals surface area contributed by atoms with Crippen molar-refractivity contribution in [2.75, 3.05) is 42.3 Å². The molecule has 1 amide bonds. The van der Waals surface area contributed by atoms with E-state index in [2.05, 4.69) is 10.0 Å². The Morgan fingerprint density at radius 3 is 2.21 bits per heavy atom. The third-order valence-electron chi connectivity index (χ3n) is 5.20. The lowest BCUT2D eigenvalue weighted by Gasteiger charge is -2.36.